The summed E-state index contributed by atoms with van der Waals surface area (Å²) in [5.41, 5.74) is 1.64. The number of amides is 2. The molecule has 1 fully saturated rings. The molecule has 0 radical (unpaired) electrons. The molecule has 0 aliphatic heterocycles. The van der Waals surface area contributed by atoms with E-state index < -0.39 is 10.0 Å². The molecule has 2 amide bonds. The van der Waals surface area contributed by atoms with E-state index in [1.807, 2.05) is 0 Å². The lowest BCUT2D eigenvalue weighted by molar-refractivity contribution is 0.237. The third-order valence-electron chi connectivity index (χ3n) is 4.65. The van der Waals surface area contributed by atoms with Gasteiger partial charge in [0.1, 0.15) is 0 Å². The van der Waals surface area contributed by atoms with Crippen molar-refractivity contribution in [3.63, 3.8) is 0 Å². The van der Waals surface area contributed by atoms with Crippen LogP contribution in [-0.4, -0.2) is 21.0 Å². The normalized spacial score (nSPS) is 21.2. The van der Waals surface area contributed by atoms with Gasteiger partial charge >= 0.3 is 6.03 Å². The standard InChI is InChI=1S/C16H25N3O3S/c1-11-4-3-5-13(11)9-18-16(20)19-10-14-6-7-15(8-12(14)2)23(17,21)22/h6-8,11,13H,3-5,9-10H2,1-2H3,(H2,17,21,22)(H2,18,19,20). The van der Waals surface area contributed by atoms with E-state index >= 15 is 0 Å². The lowest BCUT2D eigenvalue weighted by atomic mass is 9.98. The molecule has 128 valence electrons. The summed E-state index contributed by atoms with van der Waals surface area (Å²) in [6.45, 7) is 5.08. The molecule has 0 bridgehead atoms. The molecule has 0 heterocycles. The van der Waals surface area contributed by atoms with Crippen LogP contribution in [-0.2, 0) is 16.6 Å². The van der Waals surface area contributed by atoms with Crippen molar-refractivity contribution in [1.82, 2.24) is 10.6 Å². The van der Waals surface area contributed by atoms with Gasteiger partial charge < -0.3 is 10.6 Å². The Hall–Kier alpha value is -1.60. The predicted octanol–water partition coefficient (Wildman–Crippen LogP) is 1.88. The molecule has 1 aromatic rings. The number of hydrogen-bond donors (Lipinski definition) is 3. The van der Waals surface area contributed by atoms with Gasteiger partial charge in [0.2, 0.25) is 10.0 Å². The second-order valence-corrected chi connectivity index (χ2v) is 7.93. The Kier molecular flexibility index (Phi) is 5.64. The summed E-state index contributed by atoms with van der Waals surface area (Å²) >= 11 is 0. The van der Waals surface area contributed by atoms with Crippen LogP contribution in [0.1, 0.15) is 37.3 Å². The number of carbonyl (C=O) groups excluding carboxylic acids is 1. The van der Waals surface area contributed by atoms with Crippen LogP contribution in [0.15, 0.2) is 23.1 Å². The number of sulfonamides is 1. The maximum Gasteiger partial charge on any atom is 0.315 e. The Morgan fingerprint density at radius 1 is 1.30 bits per heavy atom. The molecule has 2 atom stereocenters. The highest BCUT2D eigenvalue weighted by Gasteiger charge is 2.23. The number of aryl methyl sites for hydroxylation is 1. The lowest BCUT2D eigenvalue weighted by Crippen LogP contribution is -2.38. The van der Waals surface area contributed by atoms with Crippen LogP contribution in [0.5, 0.6) is 0 Å². The summed E-state index contributed by atoms with van der Waals surface area (Å²) in [6, 6.07) is 4.45. The Bertz CT molecular complexity index is 673. The van der Waals surface area contributed by atoms with Gasteiger partial charge in [-0.15, -0.1) is 0 Å². The first kappa shape index (κ1) is 17.7. The summed E-state index contributed by atoms with van der Waals surface area (Å²) in [5.74, 6) is 1.24. The maximum atomic E-state index is 11.9. The molecule has 1 aromatic carbocycles. The van der Waals surface area contributed by atoms with Crippen molar-refractivity contribution in [2.75, 3.05) is 6.54 Å². The first-order chi connectivity index (χ1) is 10.8. The number of primary sulfonamides is 1. The molecule has 1 saturated carbocycles. The Labute approximate surface area is 137 Å². The Balaban J connectivity index is 1.84. The molecule has 7 heteroatoms. The average Bonchev–Trinajstić information content (AvgIpc) is 2.88. The number of nitrogens with one attached hydrogen (secondary N) is 2. The maximum absolute atomic E-state index is 11.9. The topological polar surface area (TPSA) is 101 Å². The number of carbonyl (C=O) groups is 1. The second kappa shape index (κ2) is 7.31. The quantitative estimate of drug-likeness (QED) is 0.763. The minimum atomic E-state index is -3.70. The number of hydrogen-bond acceptors (Lipinski definition) is 3. The van der Waals surface area contributed by atoms with Crippen LogP contribution in [0.2, 0.25) is 0 Å². The molecule has 0 aromatic heterocycles. The van der Waals surface area contributed by atoms with E-state index in [1.54, 1.807) is 13.0 Å². The van der Waals surface area contributed by atoms with Gasteiger partial charge in [-0.05, 0) is 48.4 Å². The van der Waals surface area contributed by atoms with Crippen LogP contribution in [0, 0.1) is 18.8 Å². The molecule has 23 heavy (non-hydrogen) atoms. The van der Waals surface area contributed by atoms with Gasteiger partial charge in [-0.1, -0.05) is 25.8 Å². The van der Waals surface area contributed by atoms with Crippen LogP contribution < -0.4 is 15.8 Å². The fraction of sp³-hybridized carbons (Fsp3) is 0.562. The first-order valence-corrected chi connectivity index (χ1v) is 9.46. The lowest BCUT2D eigenvalue weighted by Gasteiger charge is -2.16. The Morgan fingerprint density at radius 2 is 2.04 bits per heavy atom. The van der Waals surface area contributed by atoms with E-state index in [-0.39, 0.29) is 10.9 Å². The van der Waals surface area contributed by atoms with Crippen LogP contribution in [0.25, 0.3) is 0 Å². The van der Waals surface area contributed by atoms with Crippen molar-refractivity contribution >= 4 is 16.1 Å². The minimum Gasteiger partial charge on any atom is -0.338 e. The van der Waals surface area contributed by atoms with Gasteiger partial charge in [0.15, 0.2) is 0 Å². The molecule has 0 saturated heterocycles. The molecule has 2 unspecified atom stereocenters. The van der Waals surface area contributed by atoms with Crippen molar-refractivity contribution in [1.29, 1.82) is 0 Å². The highest BCUT2D eigenvalue weighted by molar-refractivity contribution is 7.89. The zero-order chi connectivity index (χ0) is 17.0. The van der Waals surface area contributed by atoms with E-state index in [0.29, 0.717) is 24.9 Å². The first-order valence-electron chi connectivity index (χ1n) is 7.91. The fourth-order valence-electron chi connectivity index (χ4n) is 3.03. The van der Waals surface area contributed by atoms with Crippen LogP contribution in [0.3, 0.4) is 0 Å². The third-order valence-corrected chi connectivity index (χ3v) is 5.56. The van der Waals surface area contributed by atoms with E-state index in [1.165, 1.54) is 31.4 Å². The van der Waals surface area contributed by atoms with Gasteiger partial charge in [-0.2, -0.15) is 0 Å². The monoisotopic (exact) mass is 339 g/mol. The van der Waals surface area contributed by atoms with Crippen LogP contribution in [0.4, 0.5) is 4.79 Å². The smallest absolute Gasteiger partial charge is 0.315 e. The highest BCUT2D eigenvalue weighted by atomic mass is 32.2. The van der Waals surface area contributed by atoms with E-state index in [4.69, 9.17) is 5.14 Å². The van der Waals surface area contributed by atoms with Gasteiger partial charge in [-0.25, -0.2) is 18.4 Å². The van der Waals surface area contributed by atoms with Gasteiger partial charge in [-0.3, -0.25) is 0 Å². The summed E-state index contributed by atoms with van der Waals surface area (Å²) < 4.78 is 22.6. The molecule has 4 N–H and O–H groups in total. The number of benzene rings is 1. The van der Waals surface area contributed by atoms with Crippen molar-refractivity contribution in [3.8, 4) is 0 Å². The summed E-state index contributed by atoms with van der Waals surface area (Å²) in [5, 5.41) is 10.8. The molecular formula is C16H25N3O3S. The second-order valence-electron chi connectivity index (χ2n) is 6.37. The minimum absolute atomic E-state index is 0.0819. The SMILES string of the molecule is Cc1cc(S(N)(=O)=O)ccc1CNC(=O)NCC1CCCC1C. The summed E-state index contributed by atoms with van der Waals surface area (Å²) in [7, 11) is -3.70. The van der Waals surface area contributed by atoms with Crippen molar-refractivity contribution in [2.45, 2.75) is 44.6 Å². The molecular weight excluding hydrogens is 314 g/mol. The van der Waals surface area contributed by atoms with Gasteiger partial charge in [0.25, 0.3) is 0 Å². The third kappa shape index (κ3) is 4.94. The summed E-state index contributed by atoms with van der Waals surface area (Å²) in [4.78, 5) is 12.0. The average molecular weight is 339 g/mol. The molecule has 2 rings (SSSR count). The molecule has 1 aliphatic rings. The summed E-state index contributed by atoms with van der Waals surface area (Å²) in [6.07, 6.45) is 3.66. The van der Waals surface area contributed by atoms with E-state index in [9.17, 15) is 13.2 Å². The molecule has 1 aliphatic carbocycles. The van der Waals surface area contributed by atoms with Gasteiger partial charge in [0.05, 0.1) is 4.90 Å². The van der Waals surface area contributed by atoms with Crippen molar-refractivity contribution in [3.05, 3.63) is 29.3 Å². The Morgan fingerprint density at radius 3 is 2.61 bits per heavy atom. The van der Waals surface area contributed by atoms with E-state index in [0.717, 1.165) is 11.1 Å². The fourth-order valence-corrected chi connectivity index (χ4v) is 3.63. The van der Waals surface area contributed by atoms with Crippen molar-refractivity contribution in [2.24, 2.45) is 17.0 Å². The highest BCUT2D eigenvalue weighted by Crippen LogP contribution is 2.30. The van der Waals surface area contributed by atoms with E-state index in [2.05, 4.69) is 17.6 Å². The zero-order valence-corrected chi connectivity index (χ0v) is 14.4. The number of urea groups is 1. The molecule has 6 nitrogen and oxygen atoms in total. The zero-order valence-electron chi connectivity index (χ0n) is 13.6. The molecule has 0 spiro atoms. The predicted molar refractivity (Wildman–Crippen MR) is 89.3 cm³/mol. The van der Waals surface area contributed by atoms with Crippen LogP contribution >= 0.6 is 0 Å². The number of nitrogens with two attached hydrogens (primary N) is 1. The van der Waals surface area contributed by atoms with Gasteiger partial charge in [0, 0.05) is 13.1 Å². The van der Waals surface area contributed by atoms with Crippen molar-refractivity contribution < 1.29 is 13.2 Å². The largest absolute Gasteiger partial charge is 0.338 e. The number of rotatable bonds is 5.